The monoisotopic (exact) mass is 356 g/mol. The van der Waals surface area contributed by atoms with E-state index in [-0.39, 0.29) is 0 Å². The van der Waals surface area contributed by atoms with Crippen LogP contribution in [0.15, 0.2) is 28.1 Å². The summed E-state index contributed by atoms with van der Waals surface area (Å²) in [6, 6.07) is 5.68. The van der Waals surface area contributed by atoms with E-state index in [0.717, 1.165) is 21.3 Å². The number of halogens is 1. The van der Waals surface area contributed by atoms with Crippen molar-refractivity contribution in [3.8, 4) is 11.5 Å². The van der Waals surface area contributed by atoms with Gasteiger partial charge in [-0.15, -0.1) is 11.3 Å². The molecule has 2 aromatic rings. The second-order valence-corrected chi connectivity index (χ2v) is 6.10. The van der Waals surface area contributed by atoms with Gasteiger partial charge in [-0.3, -0.25) is 0 Å². The maximum absolute atomic E-state index is 10.6. The fourth-order valence-electron chi connectivity index (χ4n) is 2.10. The van der Waals surface area contributed by atoms with Gasteiger partial charge in [0.05, 0.1) is 14.2 Å². The van der Waals surface area contributed by atoms with Crippen LogP contribution < -0.4 is 9.47 Å². The molecule has 2 rings (SSSR count). The van der Waals surface area contributed by atoms with Crippen LogP contribution in [0.25, 0.3) is 0 Å². The Morgan fingerprint density at radius 1 is 1.25 bits per heavy atom. The summed E-state index contributed by atoms with van der Waals surface area (Å²) in [5.41, 5.74) is 1.95. The molecule has 0 fully saturated rings. The molecule has 0 saturated heterocycles. The third kappa shape index (κ3) is 2.85. The molecule has 0 aliphatic heterocycles. The highest BCUT2D eigenvalue weighted by Gasteiger charge is 2.20. The first-order valence-corrected chi connectivity index (χ1v) is 7.95. The molecule has 0 radical (unpaired) electrons. The maximum atomic E-state index is 10.6. The minimum atomic E-state index is -0.667. The molecule has 5 heteroatoms. The van der Waals surface area contributed by atoms with Gasteiger partial charge in [0.25, 0.3) is 0 Å². The minimum absolute atomic E-state index is 0.611. The van der Waals surface area contributed by atoms with E-state index in [4.69, 9.17) is 9.47 Å². The number of aryl methyl sites for hydroxylation is 1. The summed E-state index contributed by atoms with van der Waals surface area (Å²) in [5, 5.41) is 12.6. The van der Waals surface area contributed by atoms with Crippen LogP contribution in [0, 0.1) is 0 Å². The van der Waals surface area contributed by atoms with Gasteiger partial charge in [0, 0.05) is 14.9 Å². The van der Waals surface area contributed by atoms with E-state index in [2.05, 4.69) is 28.9 Å². The number of ether oxygens (including phenoxy) is 2. The van der Waals surface area contributed by atoms with E-state index in [1.54, 1.807) is 25.6 Å². The van der Waals surface area contributed by atoms with Crippen molar-refractivity contribution in [2.24, 2.45) is 0 Å². The number of aliphatic hydroxyl groups is 1. The number of hydrogen-bond donors (Lipinski definition) is 1. The van der Waals surface area contributed by atoms with E-state index in [9.17, 15) is 5.11 Å². The average Bonchev–Trinajstić information content (AvgIpc) is 2.94. The van der Waals surface area contributed by atoms with Crippen LogP contribution in [-0.2, 0) is 6.42 Å². The van der Waals surface area contributed by atoms with Crippen LogP contribution in [0.1, 0.15) is 29.0 Å². The van der Waals surface area contributed by atoms with Crippen LogP contribution >= 0.6 is 27.3 Å². The van der Waals surface area contributed by atoms with Gasteiger partial charge in [-0.1, -0.05) is 22.9 Å². The first-order chi connectivity index (χ1) is 9.62. The SMILES string of the molecule is CCc1ccsc1C(O)c1cc(OC)c(OC)cc1Br. The van der Waals surface area contributed by atoms with Crippen molar-refractivity contribution >= 4 is 27.3 Å². The lowest BCUT2D eigenvalue weighted by Gasteiger charge is -2.16. The van der Waals surface area contributed by atoms with Gasteiger partial charge >= 0.3 is 0 Å². The predicted molar refractivity (Wildman–Crippen MR) is 85.0 cm³/mol. The Balaban J connectivity index is 2.46. The Labute approximate surface area is 131 Å². The van der Waals surface area contributed by atoms with Crippen molar-refractivity contribution in [2.45, 2.75) is 19.4 Å². The van der Waals surface area contributed by atoms with Gasteiger partial charge in [-0.05, 0) is 35.6 Å². The van der Waals surface area contributed by atoms with Crippen molar-refractivity contribution in [2.75, 3.05) is 14.2 Å². The molecule has 1 N–H and O–H groups in total. The minimum Gasteiger partial charge on any atom is -0.493 e. The van der Waals surface area contributed by atoms with Crippen LogP contribution in [-0.4, -0.2) is 19.3 Å². The number of aliphatic hydroxyl groups excluding tert-OH is 1. The summed E-state index contributed by atoms with van der Waals surface area (Å²) in [4.78, 5) is 0.973. The quantitative estimate of drug-likeness (QED) is 0.873. The Kier molecular flexibility index (Phi) is 5.07. The zero-order valence-electron chi connectivity index (χ0n) is 11.6. The fraction of sp³-hybridized carbons (Fsp3) is 0.333. The molecule has 1 unspecified atom stereocenters. The first kappa shape index (κ1) is 15.4. The molecule has 0 saturated carbocycles. The summed E-state index contributed by atoms with van der Waals surface area (Å²) >= 11 is 5.06. The van der Waals surface area contributed by atoms with Gasteiger partial charge < -0.3 is 14.6 Å². The number of rotatable bonds is 5. The average molecular weight is 357 g/mol. The molecule has 0 aliphatic rings. The Morgan fingerprint density at radius 3 is 2.50 bits per heavy atom. The van der Waals surface area contributed by atoms with Gasteiger partial charge in [0.15, 0.2) is 11.5 Å². The molecular weight excluding hydrogens is 340 g/mol. The standard InChI is InChI=1S/C15H17BrO3S/c1-4-9-5-6-20-15(9)14(17)10-7-12(18-2)13(19-3)8-11(10)16/h5-8,14,17H,4H2,1-3H3. The van der Waals surface area contributed by atoms with Crippen molar-refractivity contribution in [1.82, 2.24) is 0 Å². The van der Waals surface area contributed by atoms with Gasteiger partial charge in [0.2, 0.25) is 0 Å². The van der Waals surface area contributed by atoms with Crippen molar-refractivity contribution < 1.29 is 14.6 Å². The summed E-state index contributed by atoms with van der Waals surface area (Å²) in [7, 11) is 3.18. The molecule has 0 bridgehead atoms. The highest BCUT2D eigenvalue weighted by molar-refractivity contribution is 9.10. The number of thiophene rings is 1. The van der Waals surface area contributed by atoms with Crippen LogP contribution in [0.3, 0.4) is 0 Å². The first-order valence-electron chi connectivity index (χ1n) is 6.28. The molecule has 0 spiro atoms. The highest BCUT2D eigenvalue weighted by atomic mass is 79.9. The molecule has 20 heavy (non-hydrogen) atoms. The van der Waals surface area contributed by atoms with Crippen molar-refractivity contribution in [3.63, 3.8) is 0 Å². The summed E-state index contributed by atoms with van der Waals surface area (Å²) in [6.07, 6.45) is 0.236. The number of benzene rings is 1. The van der Waals surface area contributed by atoms with Gasteiger partial charge in [-0.2, -0.15) is 0 Å². The lowest BCUT2D eigenvalue weighted by molar-refractivity contribution is 0.221. The van der Waals surface area contributed by atoms with E-state index >= 15 is 0 Å². The number of methoxy groups -OCH3 is 2. The zero-order chi connectivity index (χ0) is 14.7. The van der Waals surface area contributed by atoms with Crippen LogP contribution in [0.4, 0.5) is 0 Å². The largest absolute Gasteiger partial charge is 0.493 e. The van der Waals surface area contributed by atoms with Gasteiger partial charge in [-0.25, -0.2) is 0 Å². The smallest absolute Gasteiger partial charge is 0.161 e. The fourth-order valence-corrected chi connectivity index (χ4v) is 3.64. The highest BCUT2D eigenvalue weighted by Crippen LogP contribution is 2.39. The molecule has 1 heterocycles. The normalized spacial score (nSPS) is 12.2. The lowest BCUT2D eigenvalue weighted by atomic mass is 10.0. The predicted octanol–water partition coefficient (Wildman–Crippen LogP) is 4.17. The van der Waals surface area contributed by atoms with Crippen molar-refractivity contribution in [3.05, 3.63) is 44.1 Å². The van der Waals surface area contributed by atoms with E-state index in [1.807, 2.05) is 17.5 Å². The number of hydrogen-bond acceptors (Lipinski definition) is 4. The third-order valence-electron chi connectivity index (χ3n) is 3.21. The second-order valence-electron chi connectivity index (χ2n) is 4.29. The molecular formula is C15H17BrO3S. The maximum Gasteiger partial charge on any atom is 0.161 e. The molecule has 3 nitrogen and oxygen atoms in total. The summed E-state index contributed by atoms with van der Waals surface area (Å²) < 4.78 is 11.4. The molecule has 0 amide bonds. The van der Waals surface area contributed by atoms with Crippen molar-refractivity contribution in [1.29, 1.82) is 0 Å². The molecule has 1 aromatic heterocycles. The summed E-state index contributed by atoms with van der Waals surface area (Å²) in [6.45, 7) is 2.09. The third-order valence-corrected chi connectivity index (χ3v) is 4.91. The van der Waals surface area contributed by atoms with Crippen LogP contribution in [0.5, 0.6) is 11.5 Å². The Bertz CT molecular complexity index is 595. The second kappa shape index (κ2) is 6.61. The molecule has 0 aliphatic carbocycles. The molecule has 108 valence electrons. The summed E-state index contributed by atoms with van der Waals surface area (Å²) in [5.74, 6) is 1.25. The lowest BCUT2D eigenvalue weighted by Crippen LogP contribution is -2.03. The Hall–Kier alpha value is -1.04. The van der Waals surface area contributed by atoms with E-state index in [1.165, 1.54) is 5.56 Å². The Morgan fingerprint density at radius 2 is 1.90 bits per heavy atom. The molecule has 1 aromatic carbocycles. The molecule has 1 atom stereocenters. The van der Waals surface area contributed by atoms with E-state index < -0.39 is 6.10 Å². The topological polar surface area (TPSA) is 38.7 Å². The van der Waals surface area contributed by atoms with Crippen LogP contribution in [0.2, 0.25) is 0 Å². The van der Waals surface area contributed by atoms with Gasteiger partial charge in [0.1, 0.15) is 6.10 Å². The van der Waals surface area contributed by atoms with E-state index in [0.29, 0.717) is 11.5 Å². The zero-order valence-corrected chi connectivity index (χ0v) is 14.0.